The summed E-state index contributed by atoms with van der Waals surface area (Å²) in [5.41, 5.74) is 5.83. The maximum atomic E-state index is 4.37. The third-order valence-electron chi connectivity index (χ3n) is 4.22. The van der Waals surface area contributed by atoms with E-state index in [0.29, 0.717) is 0 Å². The van der Waals surface area contributed by atoms with E-state index < -0.39 is 0 Å². The molecule has 0 amide bonds. The predicted molar refractivity (Wildman–Crippen MR) is 94.9 cm³/mol. The zero-order chi connectivity index (χ0) is 14.8. The zero-order valence-corrected chi connectivity index (χ0v) is 14.6. The lowest BCUT2D eigenvalue weighted by molar-refractivity contribution is 0.575. The summed E-state index contributed by atoms with van der Waals surface area (Å²) in [5, 5.41) is 0. The Hall–Kier alpha value is -0.430. The molecule has 0 bridgehead atoms. The maximum Gasteiger partial charge on any atom is 0.0154 e. The van der Waals surface area contributed by atoms with Crippen LogP contribution in [0.4, 0.5) is 0 Å². The molecule has 0 heterocycles. The quantitative estimate of drug-likeness (QED) is 0.373. The van der Waals surface area contributed by atoms with Crippen molar-refractivity contribution in [3.63, 3.8) is 0 Å². The molecule has 1 aromatic carbocycles. The molecule has 20 heavy (non-hydrogen) atoms. The average Bonchev–Trinajstić information content (AvgIpc) is 2.43. The fourth-order valence-corrected chi connectivity index (χ4v) is 3.19. The maximum absolute atomic E-state index is 4.37. The summed E-state index contributed by atoms with van der Waals surface area (Å²) in [6, 6.07) is 4.61. The van der Waals surface area contributed by atoms with Gasteiger partial charge in [0, 0.05) is 5.75 Å². The lowest BCUT2D eigenvalue weighted by Gasteiger charge is -2.12. The number of hydrogen-bond acceptors (Lipinski definition) is 1. The van der Waals surface area contributed by atoms with Gasteiger partial charge in [0.1, 0.15) is 0 Å². The van der Waals surface area contributed by atoms with E-state index in [1.807, 2.05) is 0 Å². The fraction of sp³-hybridized carbons (Fsp3) is 0.684. The van der Waals surface area contributed by atoms with Crippen LogP contribution >= 0.6 is 12.6 Å². The molecule has 1 rings (SSSR count). The highest BCUT2D eigenvalue weighted by Gasteiger charge is 2.04. The summed E-state index contributed by atoms with van der Waals surface area (Å²) in [6.45, 7) is 6.78. The molecule has 114 valence electrons. The first-order chi connectivity index (χ1) is 9.69. The Kier molecular flexibility index (Phi) is 9.09. The van der Waals surface area contributed by atoms with Crippen molar-refractivity contribution >= 4 is 12.6 Å². The van der Waals surface area contributed by atoms with Gasteiger partial charge in [0.2, 0.25) is 0 Å². The van der Waals surface area contributed by atoms with Crippen molar-refractivity contribution in [1.82, 2.24) is 0 Å². The van der Waals surface area contributed by atoms with Crippen LogP contribution in [0, 0.1) is 13.8 Å². The highest BCUT2D eigenvalue weighted by molar-refractivity contribution is 7.79. The second-order valence-corrected chi connectivity index (χ2v) is 6.41. The van der Waals surface area contributed by atoms with E-state index in [-0.39, 0.29) is 0 Å². The van der Waals surface area contributed by atoms with Crippen LogP contribution in [-0.4, -0.2) is 0 Å². The van der Waals surface area contributed by atoms with Crippen molar-refractivity contribution in [2.24, 2.45) is 0 Å². The van der Waals surface area contributed by atoms with Crippen molar-refractivity contribution in [1.29, 1.82) is 0 Å². The van der Waals surface area contributed by atoms with E-state index in [0.717, 1.165) is 5.75 Å². The van der Waals surface area contributed by atoms with Crippen molar-refractivity contribution in [3.8, 4) is 0 Å². The number of hydrogen-bond donors (Lipinski definition) is 1. The summed E-state index contributed by atoms with van der Waals surface area (Å²) in [7, 11) is 0. The standard InChI is InChI=1S/C19H32S/c1-4-5-6-7-8-9-10-11-12-19-16(2)13-18(15-20)14-17(19)3/h13-14,20H,4-12,15H2,1-3H3. The fourth-order valence-electron chi connectivity index (χ4n) is 3.00. The van der Waals surface area contributed by atoms with Crippen LogP contribution in [0.25, 0.3) is 0 Å². The van der Waals surface area contributed by atoms with Gasteiger partial charge in [0.25, 0.3) is 0 Å². The summed E-state index contributed by atoms with van der Waals surface area (Å²) in [5.74, 6) is 0.847. The van der Waals surface area contributed by atoms with Gasteiger partial charge in [-0.15, -0.1) is 0 Å². The highest BCUT2D eigenvalue weighted by atomic mass is 32.1. The summed E-state index contributed by atoms with van der Waals surface area (Å²) in [6.07, 6.45) is 12.4. The topological polar surface area (TPSA) is 0 Å². The van der Waals surface area contributed by atoms with E-state index in [2.05, 4.69) is 45.5 Å². The summed E-state index contributed by atoms with van der Waals surface area (Å²) >= 11 is 4.37. The molecule has 0 saturated carbocycles. The summed E-state index contributed by atoms with van der Waals surface area (Å²) < 4.78 is 0. The zero-order valence-electron chi connectivity index (χ0n) is 13.7. The Morgan fingerprint density at radius 3 is 1.80 bits per heavy atom. The van der Waals surface area contributed by atoms with Crippen LogP contribution in [0.15, 0.2) is 12.1 Å². The van der Waals surface area contributed by atoms with E-state index in [9.17, 15) is 0 Å². The van der Waals surface area contributed by atoms with Crippen LogP contribution < -0.4 is 0 Å². The molecule has 0 atom stereocenters. The predicted octanol–water partition coefficient (Wildman–Crippen LogP) is 6.42. The number of benzene rings is 1. The van der Waals surface area contributed by atoms with Crippen LogP contribution in [0.2, 0.25) is 0 Å². The molecule has 0 spiro atoms. The van der Waals surface area contributed by atoms with Gasteiger partial charge in [-0.05, 0) is 48.9 Å². The molecule has 1 aromatic rings. The molecule has 0 radical (unpaired) electrons. The normalized spacial score (nSPS) is 11.0. The van der Waals surface area contributed by atoms with Gasteiger partial charge >= 0.3 is 0 Å². The second kappa shape index (κ2) is 10.3. The van der Waals surface area contributed by atoms with Crippen LogP contribution in [-0.2, 0) is 12.2 Å². The van der Waals surface area contributed by atoms with Crippen LogP contribution in [0.1, 0.15) is 80.5 Å². The first-order valence-electron chi connectivity index (χ1n) is 8.39. The van der Waals surface area contributed by atoms with Gasteiger partial charge in [-0.3, -0.25) is 0 Å². The molecule has 0 fully saturated rings. The summed E-state index contributed by atoms with van der Waals surface area (Å²) in [4.78, 5) is 0. The van der Waals surface area contributed by atoms with Crippen molar-refractivity contribution in [3.05, 3.63) is 34.4 Å². The molecular weight excluding hydrogens is 260 g/mol. The van der Waals surface area contributed by atoms with Crippen molar-refractivity contribution in [2.45, 2.75) is 84.3 Å². The molecule has 0 aliphatic heterocycles. The van der Waals surface area contributed by atoms with Gasteiger partial charge < -0.3 is 0 Å². The lowest BCUT2D eigenvalue weighted by Crippen LogP contribution is -1.96. The van der Waals surface area contributed by atoms with Gasteiger partial charge in [-0.2, -0.15) is 12.6 Å². The van der Waals surface area contributed by atoms with E-state index in [4.69, 9.17) is 0 Å². The second-order valence-electron chi connectivity index (χ2n) is 6.09. The monoisotopic (exact) mass is 292 g/mol. The van der Waals surface area contributed by atoms with Gasteiger partial charge in [-0.25, -0.2) is 0 Å². The molecule has 0 aromatic heterocycles. The highest BCUT2D eigenvalue weighted by Crippen LogP contribution is 2.20. The Morgan fingerprint density at radius 1 is 0.800 bits per heavy atom. The third-order valence-corrected chi connectivity index (χ3v) is 4.58. The SMILES string of the molecule is CCCCCCCCCCc1c(C)cc(CS)cc1C. The molecular formula is C19H32S. The Bertz CT molecular complexity index is 358. The molecule has 0 saturated heterocycles. The van der Waals surface area contributed by atoms with E-state index in [1.165, 1.54) is 74.5 Å². The Labute approximate surface area is 131 Å². The lowest BCUT2D eigenvalue weighted by atomic mass is 9.95. The van der Waals surface area contributed by atoms with Crippen LogP contribution in [0.5, 0.6) is 0 Å². The third kappa shape index (κ3) is 6.35. The largest absolute Gasteiger partial charge is 0.175 e. The molecule has 0 aliphatic carbocycles. The molecule has 0 unspecified atom stereocenters. The van der Waals surface area contributed by atoms with Gasteiger partial charge in [0.05, 0.1) is 0 Å². The first kappa shape index (κ1) is 17.6. The van der Waals surface area contributed by atoms with E-state index in [1.54, 1.807) is 5.56 Å². The smallest absolute Gasteiger partial charge is 0.0154 e. The van der Waals surface area contributed by atoms with Crippen LogP contribution in [0.3, 0.4) is 0 Å². The molecule has 0 aliphatic rings. The van der Waals surface area contributed by atoms with Gasteiger partial charge in [0.15, 0.2) is 0 Å². The average molecular weight is 293 g/mol. The van der Waals surface area contributed by atoms with Crippen molar-refractivity contribution < 1.29 is 0 Å². The minimum Gasteiger partial charge on any atom is -0.175 e. The minimum absolute atomic E-state index is 0.847. The van der Waals surface area contributed by atoms with Crippen molar-refractivity contribution in [2.75, 3.05) is 0 Å². The number of aryl methyl sites for hydroxylation is 2. The minimum atomic E-state index is 0.847. The Balaban J connectivity index is 2.25. The van der Waals surface area contributed by atoms with Gasteiger partial charge in [-0.1, -0.05) is 64.0 Å². The molecule has 0 N–H and O–H groups in total. The Morgan fingerprint density at radius 2 is 1.30 bits per heavy atom. The first-order valence-corrected chi connectivity index (χ1v) is 9.02. The molecule has 0 nitrogen and oxygen atoms in total. The number of rotatable bonds is 10. The number of unbranched alkanes of at least 4 members (excludes halogenated alkanes) is 7. The molecule has 1 heteroatoms. The van der Waals surface area contributed by atoms with E-state index >= 15 is 0 Å². The number of thiol groups is 1.